The Morgan fingerprint density at radius 1 is 1.26 bits per heavy atom. The molecule has 3 aromatic heterocycles. The Balaban J connectivity index is 1.87. The number of nitrogens with one attached hydrogen (secondary N) is 1. The molecule has 0 saturated heterocycles. The Bertz CT molecular complexity index is 740. The molecule has 3 heterocycles. The van der Waals surface area contributed by atoms with E-state index in [2.05, 4.69) is 36.3 Å². The summed E-state index contributed by atoms with van der Waals surface area (Å²) in [6.45, 7) is 0. The fourth-order valence-corrected chi connectivity index (χ4v) is 1.91. The van der Waals surface area contributed by atoms with E-state index in [0.717, 1.165) is 4.47 Å². The van der Waals surface area contributed by atoms with Gasteiger partial charge in [0.2, 0.25) is 5.95 Å². The number of amides is 1. The Kier molecular flexibility index (Phi) is 2.96. The first-order valence-electron chi connectivity index (χ1n) is 5.46. The van der Waals surface area contributed by atoms with Crippen molar-refractivity contribution in [3.8, 4) is 0 Å². The van der Waals surface area contributed by atoms with E-state index < -0.39 is 0 Å². The van der Waals surface area contributed by atoms with Crippen LogP contribution in [0.25, 0.3) is 5.65 Å². The molecule has 0 atom stereocenters. The maximum atomic E-state index is 11.9. The number of rotatable bonds is 2. The van der Waals surface area contributed by atoms with Crippen LogP contribution in [0.1, 0.15) is 10.4 Å². The first-order valence-corrected chi connectivity index (χ1v) is 6.25. The van der Waals surface area contributed by atoms with E-state index >= 15 is 0 Å². The van der Waals surface area contributed by atoms with Crippen molar-refractivity contribution in [3.63, 3.8) is 0 Å². The molecule has 1 amide bonds. The second-order valence-electron chi connectivity index (χ2n) is 3.77. The third kappa shape index (κ3) is 2.45. The third-order valence-electron chi connectivity index (χ3n) is 2.47. The van der Waals surface area contributed by atoms with Crippen LogP contribution in [0.2, 0.25) is 0 Å². The van der Waals surface area contributed by atoms with Gasteiger partial charge < -0.3 is 0 Å². The number of nitrogens with zero attached hydrogens (tertiary/aromatic N) is 4. The zero-order chi connectivity index (χ0) is 13.2. The number of aromatic nitrogens is 4. The van der Waals surface area contributed by atoms with Crippen LogP contribution in [-0.2, 0) is 0 Å². The van der Waals surface area contributed by atoms with Gasteiger partial charge in [0, 0.05) is 28.6 Å². The molecule has 0 bridgehead atoms. The van der Waals surface area contributed by atoms with Crippen molar-refractivity contribution < 1.29 is 4.79 Å². The van der Waals surface area contributed by atoms with E-state index in [1.807, 2.05) is 12.1 Å². The van der Waals surface area contributed by atoms with Gasteiger partial charge in [0.1, 0.15) is 0 Å². The lowest BCUT2D eigenvalue weighted by molar-refractivity contribution is 0.102. The van der Waals surface area contributed by atoms with Crippen molar-refractivity contribution >= 4 is 33.4 Å². The van der Waals surface area contributed by atoms with E-state index in [0.29, 0.717) is 11.2 Å². The summed E-state index contributed by atoms with van der Waals surface area (Å²) in [4.78, 5) is 20.0. The summed E-state index contributed by atoms with van der Waals surface area (Å²) >= 11 is 3.35. The van der Waals surface area contributed by atoms with Crippen LogP contribution < -0.4 is 5.32 Å². The number of anilines is 1. The molecule has 94 valence electrons. The predicted octanol–water partition coefficient (Wildman–Crippen LogP) is 2.14. The second kappa shape index (κ2) is 4.77. The third-order valence-corrected chi connectivity index (χ3v) is 2.96. The minimum atomic E-state index is -0.266. The van der Waals surface area contributed by atoms with Gasteiger partial charge >= 0.3 is 0 Å². The molecule has 3 aromatic rings. The maximum absolute atomic E-state index is 11.9. The summed E-state index contributed by atoms with van der Waals surface area (Å²) in [5.74, 6) is -0.00251. The highest BCUT2D eigenvalue weighted by atomic mass is 79.9. The number of halogens is 1. The van der Waals surface area contributed by atoms with Crippen LogP contribution in [0.5, 0.6) is 0 Å². The van der Waals surface area contributed by atoms with Crippen molar-refractivity contribution in [3.05, 3.63) is 52.9 Å². The molecule has 7 heteroatoms. The van der Waals surface area contributed by atoms with E-state index in [-0.39, 0.29) is 11.9 Å². The number of hydrogen-bond acceptors (Lipinski definition) is 4. The Morgan fingerprint density at radius 2 is 2.05 bits per heavy atom. The summed E-state index contributed by atoms with van der Waals surface area (Å²) in [5.41, 5.74) is 1.16. The molecule has 0 aromatic carbocycles. The summed E-state index contributed by atoms with van der Waals surface area (Å²) in [7, 11) is 0. The molecule has 0 aliphatic carbocycles. The maximum Gasteiger partial charge on any atom is 0.258 e. The Labute approximate surface area is 116 Å². The van der Waals surface area contributed by atoms with Crippen LogP contribution >= 0.6 is 15.9 Å². The first kappa shape index (κ1) is 11.8. The van der Waals surface area contributed by atoms with Gasteiger partial charge in [0.15, 0.2) is 5.65 Å². The van der Waals surface area contributed by atoms with Gasteiger partial charge in [-0.25, -0.2) is 4.52 Å². The monoisotopic (exact) mass is 317 g/mol. The molecule has 0 radical (unpaired) electrons. The second-order valence-corrected chi connectivity index (χ2v) is 4.69. The molecule has 3 rings (SSSR count). The SMILES string of the molecule is O=C(Nc1nc2cc(Br)ccn2n1)c1ccncc1. The predicted molar refractivity (Wildman–Crippen MR) is 72.9 cm³/mol. The Hall–Kier alpha value is -2.28. The Morgan fingerprint density at radius 3 is 2.84 bits per heavy atom. The van der Waals surface area contributed by atoms with E-state index in [4.69, 9.17) is 0 Å². The molecule has 0 aliphatic heterocycles. The fourth-order valence-electron chi connectivity index (χ4n) is 1.59. The van der Waals surface area contributed by atoms with Gasteiger partial charge in [-0.15, -0.1) is 5.10 Å². The van der Waals surface area contributed by atoms with Crippen molar-refractivity contribution in [2.24, 2.45) is 0 Å². The van der Waals surface area contributed by atoms with Gasteiger partial charge in [-0.3, -0.25) is 15.1 Å². The fraction of sp³-hybridized carbons (Fsp3) is 0. The molecular weight excluding hydrogens is 310 g/mol. The van der Waals surface area contributed by atoms with Crippen molar-refractivity contribution in [1.29, 1.82) is 0 Å². The summed E-state index contributed by atoms with van der Waals surface area (Å²) in [6, 6.07) is 6.91. The zero-order valence-electron chi connectivity index (χ0n) is 9.62. The molecule has 0 spiro atoms. The minimum absolute atomic E-state index is 0.264. The standard InChI is InChI=1S/C12H8BrN5O/c13-9-3-6-18-10(7-9)15-12(17-18)16-11(19)8-1-4-14-5-2-8/h1-7H,(H,16,17,19). The van der Waals surface area contributed by atoms with E-state index in [9.17, 15) is 4.79 Å². The van der Waals surface area contributed by atoms with Gasteiger partial charge in [-0.05, 0) is 24.3 Å². The van der Waals surface area contributed by atoms with E-state index in [1.54, 1.807) is 35.2 Å². The quantitative estimate of drug-likeness (QED) is 0.786. The molecule has 0 fully saturated rings. The lowest BCUT2D eigenvalue weighted by Gasteiger charge is -1.99. The summed E-state index contributed by atoms with van der Waals surface area (Å²) < 4.78 is 2.49. The average Bonchev–Trinajstić information content (AvgIpc) is 2.81. The molecule has 1 N–H and O–H groups in total. The molecular formula is C12H8BrN5O. The first-order chi connectivity index (χ1) is 9.22. The van der Waals surface area contributed by atoms with Crippen molar-refractivity contribution in [2.45, 2.75) is 0 Å². The lowest BCUT2D eigenvalue weighted by atomic mass is 10.2. The lowest BCUT2D eigenvalue weighted by Crippen LogP contribution is -2.12. The molecule has 19 heavy (non-hydrogen) atoms. The topological polar surface area (TPSA) is 72.2 Å². The van der Waals surface area contributed by atoms with Crippen molar-refractivity contribution in [1.82, 2.24) is 19.6 Å². The van der Waals surface area contributed by atoms with Crippen LogP contribution in [-0.4, -0.2) is 25.5 Å². The number of carbonyl (C=O) groups excluding carboxylic acids is 1. The molecule has 6 nitrogen and oxygen atoms in total. The van der Waals surface area contributed by atoms with Gasteiger partial charge in [-0.1, -0.05) is 15.9 Å². The highest BCUT2D eigenvalue weighted by molar-refractivity contribution is 9.10. The number of hydrogen-bond donors (Lipinski definition) is 1. The van der Waals surface area contributed by atoms with Gasteiger partial charge in [0.25, 0.3) is 5.91 Å². The normalized spacial score (nSPS) is 10.6. The number of fused-ring (bicyclic) bond motifs is 1. The van der Waals surface area contributed by atoms with Gasteiger partial charge in [0.05, 0.1) is 0 Å². The largest absolute Gasteiger partial charge is 0.289 e. The minimum Gasteiger partial charge on any atom is -0.289 e. The zero-order valence-corrected chi connectivity index (χ0v) is 11.2. The highest BCUT2D eigenvalue weighted by Gasteiger charge is 2.09. The molecule has 0 unspecified atom stereocenters. The summed E-state index contributed by atoms with van der Waals surface area (Å²) in [6.07, 6.45) is 4.88. The smallest absolute Gasteiger partial charge is 0.258 e. The summed E-state index contributed by atoms with van der Waals surface area (Å²) in [5, 5.41) is 6.80. The highest BCUT2D eigenvalue weighted by Crippen LogP contribution is 2.13. The van der Waals surface area contributed by atoms with Gasteiger partial charge in [-0.2, -0.15) is 4.98 Å². The molecule has 0 saturated carbocycles. The number of carbonyl (C=O) groups is 1. The van der Waals surface area contributed by atoms with Crippen LogP contribution in [0.4, 0.5) is 5.95 Å². The molecule has 0 aliphatic rings. The van der Waals surface area contributed by atoms with Crippen molar-refractivity contribution in [2.75, 3.05) is 5.32 Å². The number of pyridine rings is 2. The van der Waals surface area contributed by atoms with Crippen LogP contribution in [0, 0.1) is 0 Å². The van der Waals surface area contributed by atoms with Crippen LogP contribution in [0.3, 0.4) is 0 Å². The van der Waals surface area contributed by atoms with Crippen LogP contribution in [0.15, 0.2) is 47.3 Å². The average molecular weight is 318 g/mol. The van der Waals surface area contributed by atoms with E-state index in [1.165, 1.54) is 0 Å².